The summed E-state index contributed by atoms with van der Waals surface area (Å²) >= 11 is 0. The molecule has 4 nitrogen and oxygen atoms in total. The molecule has 1 aliphatic rings. The molecule has 1 aromatic rings. The van der Waals surface area contributed by atoms with Gasteiger partial charge in [0.25, 0.3) is 0 Å². The van der Waals surface area contributed by atoms with Gasteiger partial charge in [0, 0.05) is 6.61 Å². The topological polar surface area (TPSA) is 73.1 Å². The van der Waals surface area contributed by atoms with Gasteiger partial charge in [0.15, 0.2) is 0 Å². The van der Waals surface area contributed by atoms with Crippen LogP contribution in [0.15, 0.2) is 30.3 Å². The molecule has 0 bridgehead atoms. The number of benzene rings is 1. The highest BCUT2D eigenvalue weighted by molar-refractivity contribution is 5.85. The standard InChI is InChI=1S/C18H24N2O2/c19-14-18(11-5-2-6-12-18)17(22)20-16(10-7-13-21)15-8-3-1-4-9-15/h1,3-4,8-9,16,21H,2,5-7,10-13H2,(H,20,22). The van der Waals surface area contributed by atoms with Crippen LogP contribution in [-0.4, -0.2) is 17.6 Å². The Kier molecular flexibility index (Phi) is 5.97. The SMILES string of the molecule is N#CC1(C(=O)NC(CCCO)c2ccccc2)CCCCC1. The van der Waals surface area contributed by atoms with Crippen molar-refractivity contribution >= 4 is 5.91 Å². The third-order valence-corrected chi connectivity index (χ3v) is 4.51. The van der Waals surface area contributed by atoms with Gasteiger partial charge in [-0.25, -0.2) is 0 Å². The largest absolute Gasteiger partial charge is 0.396 e. The first-order valence-corrected chi connectivity index (χ1v) is 8.10. The van der Waals surface area contributed by atoms with Crippen LogP contribution in [0.2, 0.25) is 0 Å². The van der Waals surface area contributed by atoms with Crippen LogP contribution >= 0.6 is 0 Å². The van der Waals surface area contributed by atoms with Gasteiger partial charge in [0.05, 0.1) is 12.1 Å². The predicted octanol–water partition coefficient (Wildman–Crippen LogP) is 3.09. The summed E-state index contributed by atoms with van der Waals surface area (Å²) in [5.74, 6) is -0.151. The number of nitrogens with zero attached hydrogens (tertiary/aromatic N) is 1. The summed E-state index contributed by atoms with van der Waals surface area (Å²) in [6.07, 6.45) is 5.57. The van der Waals surface area contributed by atoms with E-state index in [1.165, 1.54) is 0 Å². The van der Waals surface area contributed by atoms with Crippen molar-refractivity contribution in [1.29, 1.82) is 5.26 Å². The van der Waals surface area contributed by atoms with Crippen molar-refractivity contribution in [3.8, 4) is 6.07 Å². The van der Waals surface area contributed by atoms with Crippen molar-refractivity contribution < 1.29 is 9.90 Å². The molecule has 1 unspecified atom stereocenters. The van der Waals surface area contributed by atoms with Gasteiger partial charge in [-0.1, -0.05) is 49.6 Å². The fraction of sp³-hybridized carbons (Fsp3) is 0.556. The number of hydrogen-bond donors (Lipinski definition) is 2. The van der Waals surface area contributed by atoms with E-state index in [4.69, 9.17) is 5.11 Å². The highest BCUT2D eigenvalue weighted by atomic mass is 16.3. The molecule has 2 N–H and O–H groups in total. The van der Waals surface area contributed by atoms with Crippen molar-refractivity contribution in [2.75, 3.05) is 6.61 Å². The molecule has 118 valence electrons. The zero-order valence-electron chi connectivity index (χ0n) is 12.9. The Bertz CT molecular complexity index is 516. The van der Waals surface area contributed by atoms with Gasteiger partial charge in [-0.3, -0.25) is 4.79 Å². The Morgan fingerprint density at radius 3 is 2.55 bits per heavy atom. The highest BCUT2D eigenvalue weighted by Crippen LogP contribution is 2.36. The smallest absolute Gasteiger partial charge is 0.240 e. The number of nitrogens with one attached hydrogen (secondary N) is 1. The van der Waals surface area contributed by atoms with Crippen molar-refractivity contribution in [3.63, 3.8) is 0 Å². The Morgan fingerprint density at radius 2 is 1.95 bits per heavy atom. The molecule has 0 aromatic heterocycles. The molecule has 0 spiro atoms. The first-order chi connectivity index (χ1) is 10.7. The lowest BCUT2D eigenvalue weighted by Crippen LogP contribution is -2.43. The highest BCUT2D eigenvalue weighted by Gasteiger charge is 2.40. The van der Waals surface area contributed by atoms with Crippen LogP contribution in [-0.2, 0) is 4.79 Å². The van der Waals surface area contributed by atoms with Crippen LogP contribution in [0.3, 0.4) is 0 Å². The average molecular weight is 300 g/mol. The van der Waals surface area contributed by atoms with E-state index in [0.717, 1.165) is 24.8 Å². The molecule has 1 saturated carbocycles. The van der Waals surface area contributed by atoms with Crippen molar-refractivity contribution in [1.82, 2.24) is 5.32 Å². The molecule has 0 radical (unpaired) electrons. The number of amides is 1. The molecule has 1 fully saturated rings. The lowest BCUT2D eigenvalue weighted by molar-refractivity contribution is -0.130. The van der Waals surface area contributed by atoms with Crippen LogP contribution in [0, 0.1) is 16.7 Å². The molecule has 1 atom stereocenters. The lowest BCUT2D eigenvalue weighted by atomic mass is 9.74. The number of rotatable bonds is 6. The average Bonchev–Trinajstić information content (AvgIpc) is 2.59. The van der Waals surface area contributed by atoms with Gasteiger partial charge in [-0.15, -0.1) is 0 Å². The second kappa shape index (κ2) is 7.95. The third kappa shape index (κ3) is 3.86. The Labute approximate surface area is 132 Å². The molecule has 1 aliphatic carbocycles. The summed E-state index contributed by atoms with van der Waals surface area (Å²) in [6, 6.07) is 11.9. The normalized spacial score (nSPS) is 18.2. The Balaban J connectivity index is 2.12. The summed E-state index contributed by atoms with van der Waals surface area (Å²) in [7, 11) is 0. The number of carbonyl (C=O) groups is 1. The summed E-state index contributed by atoms with van der Waals surface area (Å²) in [4.78, 5) is 12.7. The fourth-order valence-corrected chi connectivity index (χ4v) is 3.14. The van der Waals surface area contributed by atoms with Gasteiger partial charge in [-0.2, -0.15) is 5.26 Å². The monoisotopic (exact) mass is 300 g/mol. The molecule has 0 saturated heterocycles. The van der Waals surface area contributed by atoms with Crippen molar-refractivity contribution in [2.45, 2.75) is 51.0 Å². The molecule has 4 heteroatoms. The number of carbonyl (C=O) groups excluding carboxylic acids is 1. The second-order valence-corrected chi connectivity index (χ2v) is 6.06. The molecule has 2 rings (SSSR count). The number of aliphatic hydroxyl groups is 1. The van der Waals surface area contributed by atoms with E-state index in [9.17, 15) is 10.1 Å². The number of nitriles is 1. The maximum atomic E-state index is 12.7. The molecular formula is C18H24N2O2. The van der Waals surface area contributed by atoms with E-state index >= 15 is 0 Å². The van der Waals surface area contributed by atoms with Crippen LogP contribution in [0.1, 0.15) is 56.6 Å². The zero-order valence-corrected chi connectivity index (χ0v) is 12.9. The molecule has 1 amide bonds. The van der Waals surface area contributed by atoms with Crippen molar-refractivity contribution in [2.24, 2.45) is 5.41 Å². The first kappa shape index (κ1) is 16.5. The minimum absolute atomic E-state index is 0.0998. The Hall–Kier alpha value is -1.86. The first-order valence-electron chi connectivity index (χ1n) is 8.10. The van der Waals surface area contributed by atoms with E-state index in [1.807, 2.05) is 30.3 Å². The molecule has 1 aromatic carbocycles. The maximum absolute atomic E-state index is 12.7. The van der Waals surface area contributed by atoms with E-state index in [-0.39, 0.29) is 18.6 Å². The van der Waals surface area contributed by atoms with Gasteiger partial charge >= 0.3 is 0 Å². The second-order valence-electron chi connectivity index (χ2n) is 6.06. The zero-order chi connectivity index (χ0) is 15.8. The van der Waals surface area contributed by atoms with Crippen LogP contribution in [0.5, 0.6) is 0 Å². The van der Waals surface area contributed by atoms with Crippen LogP contribution in [0.25, 0.3) is 0 Å². The summed E-state index contributed by atoms with van der Waals surface area (Å²) in [5, 5.41) is 21.7. The Morgan fingerprint density at radius 1 is 1.27 bits per heavy atom. The van der Waals surface area contributed by atoms with Crippen LogP contribution < -0.4 is 5.32 Å². The minimum Gasteiger partial charge on any atom is -0.396 e. The third-order valence-electron chi connectivity index (χ3n) is 4.51. The van der Waals surface area contributed by atoms with E-state index < -0.39 is 5.41 Å². The van der Waals surface area contributed by atoms with Crippen LogP contribution in [0.4, 0.5) is 0 Å². The summed E-state index contributed by atoms with van der Waals surface area (Å²) in [5.41, 5.74) is 0.151. The van der Waals surface area contributed by atoms with Gasteiger partial charge in [0.1, 0.15) is 5.41 Å². The van der Waals surface area contributed by atoms with Crippen molar-refractivity contribution in [3.05, 3.63) is 35.9 Å². The van der Waals surface area contributed by atoms with E-state index in [0.29, 0.717) is 25.7 Å². The van der Waals surface area contributed by atoms with Gasteiger partial charge < -0.3 is 10.4 Å². The summed E-state index contributed by atoms with van der Waals surface area (Å²) < 4.78 is 0. The number of hydrogen-bond acceptors (Lipinski definition) is 3. The fourth-order valence-electron chi connectivity index (χ4n) is 3.14. The predicted molar refractivity (Wildman–Crippen MR) is 84.8 cm³/mol. The molecular weight excluding hydrogens is 276 g/mol. The van der Waals surface area contributed by atoms with E-state index in [1.54, 1.807) is 0 Å². The van der Waals surface area contributed by atoms with Gasteiger partial charge in [-0.05, 0) is 31.2 Å². The minimum atomic E-state index is -0.871. The lowest BCUT2D eigenvalue weighted by Gasteiger charge is -2.31. The molecule has 22 heavy (non-hydrogen) atoms. The number of aliphatic hydroxyl groups excluding tert-OH is 1. The molecule has 0 heterocycles. The van der Waals surface area contributed by atoms with E-state index in [2.05, 4.69) is 11.4 Å². The summed E-state index contributed by atoms with van der Waals surface area (Å²) in [6.45, 7) is 0.0998. The van der Waals surface area contributed by atoms with Gasteiger partial charge in [0.2, 0.25) is 5.91 Å². The molecule has 0 aliphatic heterocycles. The quantitative estimate of drug-likeness (QED) is 0.848. The maximum Gasteiger partial charge on any atom is 0.240 e.